The van der Waals surface area contributed by atoms with E-state index in [9.17, 15) is 0 Å². The summed E-state index contributed by atoms with van der Waals surface area (Å²) in [4.78, 5) is 2.39. The van der Waals surface area contributed by atoms with Crippen LogP contribution < -0.4 is 9.47 Å². The number of hydrogen-bond donors (Lipinski definition) is 0. The number of hydrogen-bond acceptors (Lipinski definition) is 4. The molecule has 1 spiro atoms. The predicted octanol–water partition coefficient (Wildman–Crippen LogP) is 2.50. The van der Waals surface area contributed by atoms with Crippen molar-refractivity contribution in [3.63, 3.8) is 0 Å². The summed E-state index contributed by atoms with van der Waals surface area (Å²) in [6, 6.07) is 4.24. The van der Waals surface area contributed by atoms with Gasteiger partial charge in [-0.1, -0.05) is 18.2 Å². The molecule has 2 heterocycles. The maximum Gasteiger partial charge on any atom is 0.166 e. The van der Waals surface area contributed by atoms with Crippen LogP contribution in [0.1, 0.15) is 24.0 Å². The summed E-state index contributed by atoms with van der Waals surface area (Å²) in [5.74, 6) is 1.79. The smallest absolute Gasteiger partial charge is 0.166 e. The number of methoxy groups -OCH3 is 2. The van der Waals surface area contributed by atoms with E-state index in [4.69, 9.17) is 14.2 Å². The Labute approximate surface area is 131 Å². The zero-order chi connectivity index (χ0) is 15.3. The van der Waals surface area contributed by atoms with E-state index in [0.29, 0.717) is 0 Å². The van der Waals surface area contributed by atoms with Gasteiger partial charge in [0.25, 0.3) is 0 Å². The van der Waals surface area contributed by atoms with Crippen LogP contribution in [0.4, 0.5) is 0 Å². The molecule has 1 aliphatic carbocycles. The third kappa shape index (κ3) is 1.83. The molecule has 1 aromatic rings. The molecule has 0 N–H and O–H groups in total. The van der Waals surface area contributed by atoms with Crippen molar-refractivity contribution in [3.8, 4) is 11.5 Å². The molecule has 4 nitrogen and oxygen atoms in total. The van der Waals surface area contributed by atoms with Crippen LogP contribution in [0.2, 0.25) is 0 Å². The van der Waals surface area contributed by atoms with Gasteiger partial charge in [-0.15, -0.1) is 0 Å². The molecule has 0 amide bonds. The molecule has 0 bridgehead atoms. The molecule has 1 aromatic carbocycles. The zero-order valence-corrected chi connectivity index (χ0v) is 13.5. The van der Waals surface area contributed by atoms with E-state index in [0.717, 1.165) is 37.4 Å². The van der Waals surface area contributed by atoms with Crippen molar-refractivity contribution < 1.29 is 14.2 Å². The Hall–Kier alpha value is -1.52. The minimum Gasteiger partial charge on any atom is -0.493 e. The molecule has 3 unspecified atom stereocenters. The SMILES string of the molecule is COc1ccc2c3c1OC1CC(OC)C=CC31CCN(C)C2. The minimum absolute atomic E-state index is 0.0288. The highest BCUT2D eigenvalue weighted by Gasteiger charge is 2.52. The maximum absolute atomic E-state index is 6.40. The minimum atomic E-state index is -0.0288. The largest absolute Gasteiger partial charge is 0.493 e. The van der Waals surface area contributed by atoms with Crippen molar-refractivity contribution in [2.75, 3.05) is 27.8 Å². The molecule has 0 aromatic heterocycles. The van der Waals surface area contributed by atoms with Gasteiger partial charge in [0.2, 0.25) is 0 Å². The summed E-state index contributed by atoms with van der Waals surface area (Å²) in [7, 11) is 5.67. The summed E-state index contributed by atoms with van der Waals surface area (Å²) in [6.07, 6.45) is 6.80. The van der Waals surface area contributed by atoms with Crippen molar-refractivity contribution in [2.24, 2.45) is 0 Å². The molecule has 4 rings (SSSR count). The topological polar surface area (TPSA) is 30.9 Å². The summed E-state index contributed by atoms with van der Waals surface area (Å²) in [5.41, 5.74) is 2.67. The van der Waals surface area contributed by atoms with Gasteiger partial charge in [-0.05, 0) is 31.6 Å². The van der Waals surface area contributed by atoms with E-state index in [1.165, 1.54) is 11.1 Å². The fraction of sp³-hybridized carbons (Fsp3) is 0.556. The van der Waals surface area contributed by atoms with E-state index >= 15 is 0 Å². The molecule has 4 heteroatoms. The van der Waals surface area contributed by atoms with Crippen LogP contribution in [0, 0.1) is 0 Å². The second kappa shape index (κ2) is 5.00. The van der Waals surface area contributed by atoms with Crippen molar-refractivity contribution in [1.82, 2.24) is 4.90 Å². The lowest BCUT2D eigenvalue weighted by atomic mass is 9.69. The van der Waals surface area contributed by atoms with E-state index in [2.05, 4.69) is 30.2 Å². The number of ether oxygens (including phenoxy) is 3. The van der Waals surface area contributed by atoms with Crippen LogP contribution in [0.25, 0.3) is 0 Å². The molecule has 22 heavy (non-hydrogen) atoms. The summed E-state index contributed by atoms with van der Waals surface area (Å²) in [5, 5.41) is 0. The lowest BCUT2D eigenvalue weighted by molar-refractivity contribution is 0.0551. The van der Waals surface area contributed by atoms with Gasteiger partial charge in [0, 0.05) is 25.6 Å². The van der Waals surface area contributed by atoms with Crippen molar-refractivity contribution >= 4 is 0 Å². The highest BCUT2D eigenvalue weighted by Crippen LogP contribution is 2.55. The van der Waals surface area contributed by atoms with Gasteiger partial charge in [0.05, 0.1) is 18.6 Å². The van der Waals surface area contributed by atoms with Crippen molar-refractivity contribution in [2.45, 2.75) is 37.0 Å². The number of benzene rings is 1. The van der Waals surface area contributed by atoms with Crippen LogP contribution in [0.5, 0.6) is 11.5 Å². The van der Waals surface area contributed by atoms with Gasteiger partial charge in [-0.3, -0.25) is 0 Å². The van der Waals surface area contributed by atoms with Crippen LogP contribution in [-0.4, -0.2) is 44.9 Å². The van der Waals surface area contributed by atoms with E-state index in [1.807, 2.05) is 6.07 Å². The monoisotopic (exact) mass is 301 g/mol. The Kier molecular flexibility index (Phi) is 3.20. The Balaban J connectivity index is 1.91. The van der Waals surface area contributed by atoms with Crippen molar-refractivity contribution in [3.05, 3.63) is 35.4 Å². The standard InChI is InChI=1S/C18H23NO3/c1-19-9-8-18-7-6-13(20-2)10-15(18)22-17-14(21-3)5-4-12(11-19)16(17)18/h4-7,13,15H,8-11H2,1-3H3. The first kappa shape index (κ1) is 14.1. The fourth-order valence-electron chi connectivity index (χ4n) is 4.24. The summed E-state index contributed by atoms with van der Waals surface area (Å²) in [6.45, 7) is 2.03. The normalized spacial score (nSPS) is 32.9. The molecule has 0 fully saturated rings. The van der Waals surface area contributed by atoms with E-state index < -0.39 is 0 Å². The summed E-state index contributed by atoms with van der Waals surface area (Å²) < 4.78 is 17.5. The van der Waals surface area contributed by atoms with Gasteiger partial charge in [0.15, 0.2) is 11.5 Å². The average Bonchev–Trinajstić information content (AvgIpc) is 2.80. The maximum atomic E-state index is 6.40. The third-order valence-electron chi connectivity index (χ3n) is 5.43. The first-order valence-electron chi connectivity index (χ1n) is 7.95. The van der Waals surface area contributed by atoms with Crippen LogP contribution in [-0.2, 0) is 16.7 Å². The fourth-order valence-corrected chi connectivity index (χ4v) is 4.24. The lowest BCUT2D eigenvalue weighted by Gasteiger charge is -2.36. The van der Waals surface area contributed by atoms with Crippen LogP contribution in [0.3, 0.4) is 0 Å². The molecule has 0 radical (unpaired) electrons. The Morgan fingerprint density at radius 1 is 1.32 bits per heavy atom. The van der Waals surface area contributed by atoms with E-state index in [-0.39, 0.29) is 17.6 Å². The molecule has 2 aliphatic heterocycles. The molecule has 3 atom stereocenters. The Morgan fingerprint density at radius 3 is 2.95 bits per heavy atom. The first-order valence-corrected chi connectivity index (χ1v) is 7.95. The second-order valence-electron chi connectivity index (χ2n) is 6.63. The molecule has 0 saturated heterocycles. The molecule has 118 valence electrons. The van der Waals surface area contributed by atoms with Crippen molar-refractivity contribution in [1.29, 1.82) is 0 Å². The van der Waals surface area contributed by atoms with Gasteiger partial charge < -0.3 is 19.1 Å². The Bertz CT molecular complexity index is 627. The molecule has 0 saturated carbocycles. The molecular formula is C18H23NO3. The van der Waals surface area contributed by atoms with Gasteiger partial charge in [-0.2, -0.15) is 0 Å². The van der Waals surface area contributed by atoms with Gasteiger partial charge >= 0.3 is 0 Å². The van der Waals surface area contributed by atoms with Crippen LogP contribution in [0.15, 0.2) is 24.3 Å². The van der Waals surface area contributed by atoms with Gasteiger partial charge in [-0.25, -0.2) is 0 Å². The quantitative estimate of drug-likeness (QED) is 0.785. The predicted molar refractivity (Wildman–Crippen MR) is 84.6 cm³/mol. The summed E-state index contributed by atoms with van der Waals surface area (Å²) >= 11 is 0. The third-order valence-corrected chi connectivity index (χ3v) is 5.43. The zero-order valence-electron chi connectivity index (χ0n) is 13.5. The molecule has 3 aliphatic rings. The van der Waals surface area contributed by atoms with Crippen LogP contribution >= 0.6 is 0 Å². The highest BCUT2D eigenvalue weighted by molar-refractivity contribution is 5.60. The lowest BCUT2D eigenvalue weighted by Crippen LogP contribution is -2.43. The van der Waals surface area contributed by atoms with E-state index in [1.54, 1.807) is 14.2 Å². The highest BCUT2D eigenvalue weighted by atomic mass is 16.5. The second-order valence-corrected chi connectivity index (χ2v) is 6.63. The average molecular weight is 301 g/mol. The Morgan fingerprint density at radius 2 is 2.18 bits per heavy atom. The molecular weight excluding hydrogens is 278 g/mol. The first-order chi connectivity index (χ1) is 10.7. The number of nitrogens with zero attached hydrogens (tertiary/aromatic N) is 1. The van der Waals surface area contributed by atoms with Gasteiger partial charge in [0.1, 0.15) is 6.10 Å². The number of rotatable bonds is 2.